The molecule has 2 aliphatic rings. The van der Waals surface area contributed by atoms with Crippen LogP contribution in [0.1, 0.15) is 30.4 Å². The summed E-state index contributed by atoms with van der Waals surface area (Å²) in [5, 5.41) is 3.19. The number of amides is 1. The molecule has 1 aliphatic carbocycles. The van der Waals surface area contributed by atoms with Crippen LogP contribution in [-0.4, -0.2) is 51.9 Å². The van der Waals surface area contributed by atoms with Crippen LogP contribution < -0.4 is 10.0 Å². The van der Waals surface area contributed by atoms with Crippen molar-refractivity contribution in [2.45, 2.75) is 37.0 Å². The molecule has 0 radical (unpaired) electrons. The van der Waals surface area contributed by atoms with Crippen molar-refractivity contribution in [3.05, 3.63) is 29.3 Å². The third kappa shape index (κ3) is 4.15. The van der Waals surface area contributed by atoms with E-state index in [-0.39, 0.29) is 18.9 Å². The molecule has 6 nitrogen and oxygen atoms in total. The summed E-state index contributed by atoms with van der Waals surface area (Å²) < 4.78 is 27.4. The first-order valence-electron chi connectivity index (χ1n) is 8.66. The Labute approximate surface area is 143 Å². The second kappa shape index (κ2) is 7.63. The predicted molar refractivity (Wildman–Crippen MR) is 92.3 cm³/mol. The summed E-state index contributed by atoms with van der Waals surface area (Å²) in [5.74, 6) is 0.00430. The average Bonchev–Trinajstić information content (AvgIpc) is 2.62. The van der Waals surface area contributed by atoms with Gasteiger partial charge in [-0.3, -0.25) is 4.79 Å². The van der Waals surface area contributed by atoms with Crippen molar-refractivity contribution in [3.63, 3.8) is 0 Å². The summed E-state index contributed by atoms with van der Waals surface area (Å²) in [4.78, 5) is 14.2. The smallest absolute Gasteiger partial charge is 0.240 e. The number of piperazine rings is 1. The van der Waals surface area contributed by atoms with E-state index in [4.69, 9.17) is 0 Å². The third-order valence-electron chi connectivity index (χ3n) is 4.73. The van der Waals surface area contributed by atoms with E-state index in [2.05, 4.69) is 10.0 Å². The van der Waals surface area contributed by atoms with Crippen molar-refractivity contribution >= 4 is 15.9 Å². The maximum Gasteiger partial charge on any atom is 0.240 e. The van der Waals surface area contributed by atoms with Gasteiger partial charge in [-0.25, -0.2) is 13.1 Å². The molecule has 1 aromatic rings. The van der Waals surface area contributed by atoms with E-state index in [1.807, 2.05) is 6.07 Å². The fraction of sp³-hybridized carbons (Fsp3) is 0.588. The molecule has 1 amide bonds. The Morgan fingerprint density at radius 1 is 1.12 bits per heavy atom. The lowest BCUT2D eigenvalue weighted by Crippen LogP contribution is -2.47. The molecule has 1 fully saturated rings. The number of rotatable bonds is 5. The topological polar surface area (TPSA) is 78.5 Å². The SMILES string of the molecule is O=C(CCNS(=O)(=O)c1ccc2c(c1)CCCC2)N1CCNCC1. The van der Waals surface area contributed by atoms with E-state index in [0.717, 1.165) is 37.9 Å². The molecular formula is C17H25N3O3S. The molecule has 0 saturated carbocycles. The van der Waals surface area contributed by atoms with Crippen molar-refractivity contribution in [1.29, 1.82) is 0 Å². The van der Waals surface area contributed by atoms with Gasteiger partial charge in [0.1, 0.15) is 0 Å². The lowest BCUT2D eigenvalue weighted by Gasteiger charge is -2.27. The van der Waals surface area contributed by atoms with Crippen molar-refractivity contribution < 1.29 is 13.2 Å². The van der Waals surface area contributed by atoms with Crippen molar-refractivity contribution in [1.82, 2.24) is 14.9 Å². The number of hydrogen-bond acceptors (Lipinski definition) is 4. The van der Waals surface area contributed by atoms with Crippen LogP contribution in [-0.2, 0) is 27.7 Å². The highest BCUT2D eigenvalue weighted by molar-refractivity contribution is 7.89. The average molecular weight is 351 g/mol. The molecule has 1 aliphatic heterocycles. The van der Waals surface area contributed by atoms with Gasteiger partial charge in [0.05, 0.1) is 4.90 Å². The first-order chi connectivity index (χ1) is 11.6. The third-order valence-corrected chi connectivity index (χ3v) is 6.19. The van der Waals surface area contributed by atoms with Crippen molar-refractivity contribution in [2.24, 2.45) is 0 Å². The zero-order valence-corrected chi connectivity index (χ0v) is 14.7. The lowest BCUT2D eigenvalue weighted by molar-refractivity contribution is -0.131. The van der Waals surface area contributed by atoms with Gasteiger partial charge >= 0.3 is 0 Å². The minimum atomic E-state index is -3.55. The van der Waals surface area contributed by atoms with Crippen LogP contribution >= 0.6 is 0 Å². The number of carbonyl (C=O) groups is 1. The van der Waals surface area contributed by atoms with Gasteiger partial charge in [-0.15, -0.1) is 0 Å². The van der Waals surface area contributed by atoms with Gasteiger partial charge < -0.3 is 10.2 Å². The number of nitrogens with zero attached hydrogens (tertiary/aromatic N) is 1. The normalized spacial score (nSPS) is 18.2. The summed E-state index contributed by atoms with van der Waals surface area (Å²) in [7, 11) is -3.55. The highest BCUT2D eigenvalue weighted by Crippen LogP contribution is 2.24. The largest absolute Gasteiger partial charge is 0.340 e. The van der Waals surface area contributed by atoms with Gasteiger partial charge in [0, 0.05) is 39.1 Å². The van der Waals surface area contributed by atoms with Crippen LogP contribution in [0.3, 0.4) is 0 Å². The van der Waals surface area contributed by atoms with Crippen molar-refractivity contribution in [3.8, 4) is 0 Å². The van der Waals surface area contributed by atoms with Gasteiger partial charge in [0.15, 0.2) is 0 Å². The Morgan fingerprint density at radius 3 is 2.58 bits per heavy atom. The van der Waals surface area contributed by atoms with E-state index in [1.165, 1.54) is 12.0 Å². The zero-order valence-electron chi connectivity index (χ0n) is 13.9. The summed E-state index contributed by atoms with van der Waals surface area (Å²) in [6.45, 7) is 3.12. The molecule has 3 rings (SSSR count). The minimum absolute atomic E-state index is 0.00430. The van der Waals surface area contributed by atoms with Crippen LogP contribution in [0.15, 0.2) is 23.1 Å². The summed E-state index contributed by atoms with van der Waals surface area (Å²) in [6, 6.07) is 5.38. The highest BCUT2D eigenvalue weighted by atomic mass is 32.2. The number of benzene rings is 1. The van der Waals surface area contributed by atoms with E-state index >= 15 is 0 Å². The molecule has 1 saturated heterocycles. The number of aryl methyl sites for hydroxylation is 2. The zero-order chi connectivity index (χ0) is 17.0. The molecule has 1 aromatic carbocycles. The van der Waals surface area contributed by atoms with Crippen LogP contribution in [0, 0.1) is 0 Å². The lowest BCUT2D eigenvalue weighted by atomic mass is 9.92. The molecule has 1 heterocycles. The fourth-order valence-electron chi connectivity index (χ4n) is 3.32. The molecule has 2 N–H and O–H groups in total. The second-order valence-corrected chi connectivity index (χ2v) is 8.18. The quantitative estimate of drug-likeness (QED) is 0.817. The molecule has 0 bridgehead atoms. The van der Waals surface area contributed by atoms with Gasteiger partial charge in [-0.1, -0.05) is 6.07 Å². The predicted octanol–water partition coefficient (Wildman–Crippen LogP) is 0.666. The van der Waals surface area contributed by atoms with Crippen LogP contribution in [0.5, 0.6) is 0 Å². The van der Waals surface area contributed by atoms with E-state index in [9.17, 15) is 13.2 Å². The molecule has 132 valence electrons. The molecule has 0 unspecified atom stereocenters. The number of carbonyl (C=O) groups excluding carboxylic acids is 1. The molecule has 0 aromatic heterocycles. The number of hydrogen-bond donors (Lipinski definition) is 2. The van der Waals surface area contributed by atoms with Crippen LogP contribution in [0.25, 0.3) is 0 Å². The monoisotopic (exact) mass is 351 g/mol. The Kier molecular flexibility index (Phi) is 5.53. The Bertz CT molecular complexity index is 697. The fourth-order valence-corrected chi connectivity index (χ4v) is 4.41. The summed E-state index contributed by atoms with van der Waals surface area (Å²) in [6.07, 6.45) is 4.46. The molecule has 0 atom stereocenters. The minimum Gasteiger partial charge on any atom is -0.340 e. The number of nitrogens with one attached hydrogen (secondary N) is 2. The standard InChI is InChI=1S/C17H25N3O3S/c21-17(20-11-9-18-10-12-20)7-8-19-24(22,23)16-6-5-14-3-1-2-4-15(14)13-16/h5-6,13,18-19H,1-4,7-12H2. The first-order valence-corrected chi connectivity index (χ1v) is 10.1. The first kappa shape index (κ1) is 17.4. The van der Waals surface area contributed by atoms with Gasteiger partial charge in [-0.2, -0.15) is 0 Å². The highest BCUT2D eigenvalue weighted by Gasteiger charge is 2.19. The molecule has 0 spiro atoms. The maximum absolute atomic E-state index is 12.4. The van der Waals surface area contributed by atoms with Gasteiger partial charge in [0.25, 0.3) is 0 Å². The number of fused-ring (bicyclic) bond motifs is 1. The maximum atomic E-state index is 12.4. The Hall–Kier alpha value is -1.44. The second-order valence-electron chi connectivity index (χ2n) is 6.42. The van der Waals surface area contributed by atoms with Gasteiger partial charge in [0.2, 0.25) is 15.9 Å². The van der Waals surface area contributed by atoms with Crippen molar-refractivity contribution in [2.75, 3.05) is 32.7 Å². The van der Waals surface area contributed by atoms with E-state index < -0.39 is 10.0 Å². The van der Waals surface area contributed by atoms with E-state index in [0.29, 0.717) is 18.0 Å². The molecule has 24 heavy (non-hydrogen) atoms. The molecular weight excluding hydrogens is 326 g/mol. The number of sulfonamides is 1. The Morgan fingerprint density at radius 2 is 1.83 bits per heavy atom. The van der Waals surface area contributed by atoms with Gasteiger partial charge in [-0.05, 0) is 48.9 Å². The Balaban J connectivity index is 1.56. The summed E-state index contributed by atoms with van der Waals surface area (Å²) >= 11 is 0. The van der Waals surface area contributed by atoms with Crippen LogP contribution in [0.2, 0.25) is 0 Å². The van der Waals surface area contributed by atoms with Crippen LogP contribution in [0.4, 0.5) is 0 Å². The van der Waals surface area contributed by atoms with E-state index in [1.54, 1.807) is 17.0 Å². The summed E-state index contributed by atoms with van der Waals surface area (Å²) in [5.41, 5.74) is 2.40. The molecule has 7 heteroatoms.